The summed E-state index contributed by atoms with van der Waals surface area (Å²) in [6.07, 6.45) is 5.05. The minimum atomic E-state index is -0.440. The molecule has 0 aromatic heterocycles. The molecule has 5 heteroatoms. The van der Waals surface area contributed by atoms with Gasteiger partial charge in [0.05, 0.1) is 18.0 Å². The first kappa shape index (κ1) is 22.4. The van der Waals surface area contributed by atoms with E-state index in [0.717, 1.165) is 46.9 Å². The number of carbonyl (C=O) groups excluding carboxylic acids is 1. The number of carbonyl (C=O) groups is 1. The summed E-state index contributed by atoms with van der Waals surface area (Å²) < 4.78 is 5.97. The summed E-state index contributed by atoms with van der Waals surface area (Å²) in [4.78, 5) is 20.4. The van der Waals surface area contributed by atoms with Crippen LogP contribution in [-0.4, -0.2) is 42.8 Å². The molecule has 174 valence electrons. The number of nitrogens with zero attached hydrogens (tertiary/aromatic N) is 2. The maximum atomic E-state index is 12.9. The fourth-order valence-electron chi connectivity index (χ4n) is 4.80. The lowest BCUT2D eigenvalue weighted by molar-refractivity contribution is -0.115. The number of anilines is 1. The van der Waals surface area contributed by atoms with Crippen molar-refractivity contribution in [2.75, 3.05) is 31.6 Å². The number of likely N-dealkylation sites (tertiary alicyclic amines) is 1. The lowest BCUT2D eigenvalue weighted by Gasteiger charge is -2.26. The Kier molecular flexibility index (Phi) is 7.01. The van der Waals surface area contributed by atoms with Gasteiger partial charge in [0, 0.05) is 12.2 Å². The third-order valence-corrected chi connectivity index (χ3v) is 6.56. The Morgan fingerprint density at radius 3 is 2.44 bits per heavy atom. The van der Waals surface area contributed by atoms with Crippen molar-refractivity contribution in [3.05, 3.63) is 90.0 Å². The molecule has 1 atom stereocenters. The van der Waals surface area contributed by atoms with Crippen LogP contribution in [0.5, 0.6) is 5.75 Å². The largest absolute Gasteiger partial charge is 0.494 e. The van der Waals surface area contributed by atoms with Gasteiger partial charge >= 0.3 is 0 Å². The molecule has 2 heterocycles. The van der Waals surface area contributed by atoms with E-state index >= 15 is 0 Å². The summed E-state index contributed by atoms with van der Waals surface area (Å²) in [7, 11) is 0. The third-order valence-electron chi connectivity index (χ3n) is 6.56. The molecule has 3 aromatic rings. The number of nitrogens with one attached hydrogen (secondary N) is 1. The lowest BCUT2D eigenvalue weighted by atomic mass is 9.90. The fourth-order valence-corrected chi connectivity index (χ4v) is 4.80. The van der Waals surface area contributed by atoms with Crippen LogP contribution in [0.4, 0.5) is 11.4 Å². The van der Waals surface area contributed by atoms with Crippen LogP contribution < -0.4 is 10.1 Å². The van der Waals surface area contributed by atoms with E-state index in [2.05, 4.69) is 10.2 Å². The zero-order valence-electron chi connectivity index (χ0n) is 19.5. The van der Waals surface area contributed by atoms with Gasteiger partial charge in [-0.2, -0.15) is 0 Å². The molecular formula is C29H31N3O2. The van der Waals surface area contributed by atoms with E-state index in [9.17, 15) is 4.79 Å². The van der Waals surface area contributed by atoms with E-state index in [4.69, 9.17) is 9.73 Å². The average molecular weight is 454 g/mol. The smallest absolute Gasteiger partial charge is 0.238 e. The monoisotopic (exact) mass is 453 g/mol. The molecular weight excluding hydrogens is 422 g/mol. The first-order valence-electron chi connectivity index (χ1n) is 12.3. The van der Waals surface area contributed by atoms with Crippen molar-refractivity contribution in [2.24, 2.45) is 4.99 Å². The van der Waals surface area contributed by atoms with E-state index in [1.165, 1.54) is 32.4 Å². The number of ether oxygens (including phenoxy) is 1. The summed E-state index contributed by atoms with van der Waals surface area (Å²) in [5.41, 5.74) is 4.31. The molecule has 1 fully saturated rings. The second-order valence-electron chi connectivity index (χ2n) is 8.97. The Morgan fingerprint density at radius 1 is 0.912 bits per heavy atom. The molecule has 0 bridgehead atoms. The molecule has 2 aliphatic rings. The number of rotatable bonds is 8. The molecule has 1 amide bonds. The van der Waals surface area contributed by atoms with Crippen LogP contribution in [-0.2, 0) is 4.79 Å². The van der Waals surface area contributed by atoms with E-state index in [1.807, 2.05) is 78.9 Å². The molecule has 34 heavy (non-hydrogen) atoms. The summed E-state index contributed by atoms with van der Waals surface area (Å²) in [5, 5.41) is 3.00. The molecule has 5 rings (SSSR count). The second kappa shape index (κ2) is 10.7. The fraction of sp³-hybridized carbons (Fsp3) is 0.310. The molecule has 0 spiro atoms. The molecule has 1 N–H and O–H groups in total. The Balaban J connectivity index is 1.30. The predicted octanol–water partition coefficient (Wildman–Crippen LogP) is 5.80. The van der Waals surface area contributed by atoms with Crippen molar-refractivity contribution >= 4 is 23.0 Å². The average Bonchev–Trinajstić information content (AvgIpc) is 3.22. The predicted molar refractivity (Wildman–Crippen MR) is 137 cm³/mol. The first-order valence-corrected chi connectivity index (χ1v) is 12.3. The van der Waals surface area contributed by atoms with Gasteiger partial charge < -0.3 is 15.0 Å². The number of fused-ring (bicyclic) bond motifs is 1. The van der Waals surface area contributed by atoms with Crippen LogP contribution in [0, 0.1) is 0 Å². The number of benzene rings is 3. The van der Waals surface area contributed by atoms with Gasteiger partial charge in [0.1, 0.15) is 11.7 Å². The maximum absolute atomic E-state index is 12.9. The quantitative estimate of drug-likeness (QED) is 0.347. The summed E-state index contributed by atoms with van der Waals surface area (Å²) in [6.45, 7) is 4.26. The molecule has 0 aliphatic carbocycles. The normalized spacial score (nSPS) is 18.4. The SMILES string of the molecule is O=C1Nc2ccccc2C1C(=Nc1ccc(OCCCN2CCCCC2)cc1)c1ccccc1. The van der Waals surface area contributed by atoms with Gasteiger partial charge in [-0.15, -0.1) is 0 Å². The summed E-state index contributed by atoms with van der Waals surface area (Å²) >= 11 is 0. The summed E-state index contributed by atoms with van der Waals surface area (Å²) in [6, 6.07) is 25.6. The highest BCUT2D eigenvalue weighted by molar-refractivity contribution is 6.24. The van der Waals surface area contributed by atoms with Gasteiger partial charge in [-0.3, -0.25) is 9.79 Å². The Hall–Kier alpha value is -3.44. The highest BCUT2D eigenvalue weighted by Crippen LogP contribution is 2.36. The maximum Gasteiger partial charge on any atom is 0.238 e. The number of hydrogen-bond acceptors (Lipinski definition) is 4. The topological polar surface area (TPSA) is 53.9 Å². The minimum absolute atomic E-state index is 0.0440. The van der Waals surface area contributed by atoms with Crippen molar-refractivity contribution < 1.29 is 9.53 Å². The van der Waals surface area contributed by atoms with Crippen LogP contribution in [0.3, 0.4) is 0 Å². The van der Waals surface area contributed by atoms with Crippen LogP contribution in [0.2, 0.25) is 0 Å². The molecule has 2 aliphatic heterocycles. The minimum Gasteiger partial charge on any atom is -0.494 e. The number of amides is 1. The van der Waals surface area contributed by atoms with Gasteiger partial charge in [0.25, 0.3) is 0 Å². The molecule has 0 radical (unpaired) electrons. The van der Waals surface area contributed by atoms with Crippen molar-refractivity contribution in [1.29, 1.82) is 0 Å². The van der Waals surface area contributed by atoms with Crippen LogP contribution in [0.25, 0.3) is 0 Å². The molecule has 1 saturated heterocycles. The summed E-state index contributed by atoms with van der Waals surface area (Å²) in [5.74, 6) is 0.365. The highest BCUT2D eigenvalue weighted by Gasteiger charge is 2.35. The standard InChI is InChI=1S/C29H31N3O2/c33-29-27(25-12-5-6-13-26(25)31-29)28(22-10-3-1-4-11-22)30-23-14-16-24(17-15-23)34-21-9-20-32-18-7-2-8-19-32/h1,3-6,10-17,27H,2,7-9,18-21H2,(H,31,33). The van der Waals surface area contributed by atoms with Gasteiger partial charge in [0.15, 0.2) is 0 Å². The molecule has 3 aromatic carbocycles. The zero-order chi connectivity index (χ0) is 23.2. The van der Waals surface area contributed by atoms with Gasteiger partial charge in [-0.1, -0.05) is 55.0 Å². The van der Waals surface area contributed by atoms with Gasteiger partial charge in [0.2, 0.25) is 5.91 Å². The van der Waals surface area contributed by atoms with Crippen LogP contribution in [0.15, 0.2) is 83.9 Å². The number of para-hydroxylation sites is 1. The molecule has 5 nitrogen and oxygen atoms in total. The van der Waals surface area contributed by atoms with Crippen LogP contribution >= 0.6 is 0 Å². The zero-order valence-corrected chi connectivity index (χ0v) is 19.5. The van der Waals surface area contributed by atoms with Gasteiger partial charge in [-0.05, 0) is 73.8 Å². The van der Waals surface area contributed by atoms with Crippen molar-refractivity contribution in [3.8, 4) is 5.75 Å². The van der Waals surface area contributed by atoms with E-state index < -0.39 is 5.92 Å². The van der Waals surface area contributed by atoms with E-state index in [1.54, 1.807) is 0 Å². The van der Waals surface area contributed by atoms with E-state index in [0.29, 0.717) is 6.61 Å². The number of hydrogen-bond donors (Lipinski definition) is 1. The van der Waals surface area contributed by atoms with Gasteiger partial charge in [-0.25, -0.2) is 0 Å². The van der Waals surface area contributed by atoms with Crippen molar-refractivity contribution in [1.82, 2.24) is 4.90 Å². The Morgan fingerprint density at radius 2 is 1.65 bits per heavy atom. The lowest BCUT2D eigenvalue weighted by Crippen LogP contribution is -2.31. The molecule has 0 saturated carbocycles. The van der Waals surface area contributed by atoms with E-state index in [-0.39, 0.29) is 5.91 Å². The highest BCUT2D eigenvalue weighted by atomic mass is 16.5. The van der Waals surface area contributed by atoms with Crippen molar-refractivity contribution in [2.45, 2.75) is 31.6 Å². The first-order chi connectivity index (χ1) is 16.8. The Bertz CT molecular complexity index is 1140. The number of piperidine rings is 1. The second-order valence-corrected chi connectivity index (χ2v) is 8.97. The third kappa shape index (κ3) is 5.20. The molecule has 1 unspecified atom stereocenters. The Labute approximate surface area is 201 Å². The van der Waals surface area contributed by atoms with Crippen molar-refractivity contribution in [3.63, 3.8) is 0 Å². The van der Waals surface area contributed by atoms with Crippen LogP contribution in [0.1, 0.15) is 42.7 Å². The number of aliphatic imine (C=N–C) groups is 1.